The summed E-state index contributed by atoms with van der Waals surface area (Å²) in [6.45, 7) is 2.06. The molecule has 0 aliphatic carbocycles. The molecule has 8 heteroatoms. The summed E-state index contributed by atoms with van der Waals surface area (Å²) in [6, 6.07) is 13.5. The fourth-order valence-corrected chi connectivity index (χ4v) is 5.39. The molecule has 4 rings (SSSR count). The number of carbonyl (C=O) groups is 1. The van der Waals surface area contributed by atoms with Crippen LogP contribution in [0.3, 0.4) is 0 Å². The van der Waals surface area contributed by atoms with Gasteiger partial charge in [0, 0.05) is 18.1 Å². The zero-order valence-corrected chi connectivity index (χ0v) is 16.8. The van der Waals surface area contributed by atoms with Crippen LogP contribution >= 0.6 is 11.3 Å². The van der Waals surface area contributed by atoms with Crippen LogP contribution in [0.2, 0.25) is 0 Å². The zero-order chi connectivity index (χ0) is 19.7. The Morgan fingerprint density at radius 2 is 1.86 bits per heavy atom. The largest absolute Gasteiger partial charge is 0.301 e. The second-order valence-corrected chi connectivity index (χ2v) is 9.46. The molecule has 0 saturated carbocycles. The van der Waals surface area contributed by atoms with Gasteiger partial charge in [0.25, 0.3) is 0 Å². The maximum atomic E-state index is 13.4. The molecule has 1 amide bonds. The van der Waals surface area contributed by atoms with Gasteiger partial charge in [0.05, 0.1) is 4.90 Å². The van der Waals surface area contributed by atoms with E-state index < -0.39 is 16.1 Å². The first-order chi connectivity index (χ1) is 13.4. The van der Waals surface area contributed by atoms with Crippen molar-refractivity contribution < 1.29 is 13.2 Å². The van der Waals surface area contributed by atoms with Gasteiger partial charge in [0.1, 0.15) is 6.04 Å². The number of hydrogen-bond donors (Lipinski definition) is 1. The highest BCUT2D eigenvalue weighted by Gasteiger charge is 2.39. The third-order valence-electron chi connectivity index (χ3n) is 4.80. The van der Waals surface area contributed by atoms with Crippen molar-refractivity contribution in [1.29, 1.82) is 0 Å². The van der Waals surface area contributed by atoms with Crippen LogP contribution in [-0.2, 0) is 27.8 Å². The monoisotopic (exact) mass is 413 g/mol. The van der Waals surface area contributed by atoms with E-state index in [9.17, 15) is 13.2 Å². The third kappa shape index (κ3) is 3.58. The number of aryl methyl sites for hydroxylation is 1. The van der Waals surface area contributed by atoms with Crippen LogP contribution in [0.25, 0.3) is 0 Å². The van der Waals surface area contributed by atoms with E-state index in [4.69, 9.17) is 0 Å². The summed E-state index contributed by atoms with van der Waals surface area (Å²) in [6.07, 6.45) is 1.91. The van der Waals surface area contributed by atoms with E-state index in [1.54, 1.807) is 35.8 Å². The van der Waals surface area contributed by atoms with E-state index in [-0.39, 0.29) is 17.3 Å². The minimum atomic E-state index is -3.84. The molecule has 144 valence electrons. The molecule has 6 nitrogen and oxygen atoms in total. The lowest BCUT2D eigenvalue weighted by atomic mass is 9.95. The number of anilines is 1. The van der Waals surface area contributed by atoms with E-state index >= 15 is 0 Å². The van der Waals surface area contributed by atoms with Crippen molar-refractivity contribution in [3.8, 4) is 0 Å². The lowest BCUT2D eigenvalue weighted by Gasteiger charge is -2.34. The molecular formula is C20H19N3O3S2. The summed E-state index contributed by atoms with van der Waals surface area (Å²) < 4.78 is 28.0. The number of carbonyl (C=O) groups excluding carboxylic acids is 1. The average Bonchev–Trinajstić information content (AvgIpc) is 3.20. The van der Waals surface area contributed by atoms with E-state index in [2.05, 4.69) is 10.3 Å². The molecule has 1 N–H and O–H groups in total. The Kier molecular flexibility index (Phi) is 5.01. The number of fused-ring (bicyclic) bond motifs is 1. The predicted molar refractivity (Wildman–Crippen MR) is 109 cm³/mol. The van der Waals surface area contributed by atoms with Crippen LogP contribution in [0.5, 0.6) is 0 Å². The summed E-state index contributed by atoms with van der Waals surface area (Å²) in [5.41, 5.74) is 2.87. The van der Waals surface area contributed by atoms with Gasteiger partial charge in [-0.25, -0.2) is 13.4 Å². The molecule has 2 aromatic carbocycles. The van der Waals surface area contributed by atoms with Gasteiger partial charge in [-0.15, -0.1) is 11.3 Å². The Balaban J connectivity index is 1.72. The molecule has 0 fully saturated rings. The normalized spacial score (nSPS) is 17.1. The standard InChI is InChI=1S/C20H19N3O3S2/c1-14-6-8-17(9-7-14)28(25,26)23-13-16-5-3-2-4-15(16)12-18(23)19(24)22-20-21-10-11-27-20/h2-11,18H,12-13H2,1H3,(H,21,22,24)/t18-/m1/s1. The van der Waals surface area contributed by atoms with Gasteiger partial charge in [-0.1, -0.05) is 42.0 Å². The van der Waals surface area contributed by atoms with Gasteiger partial charge in [0.2, 0.25) is 15.9 Å². The van der Waals surface area contributed by atoms with Crippen LogP contribution in [0.4, 0.5) is 5.13 Å². The van der Waals surface area contributed by atoms with Crippen molar-refractivity contribution in [2.24, 2.45) is 0 Å². The summed E-state index contributed by atoms with van der Waals surface area (Å²) in [5.74, 6) is -0.375. The molecular weight excluding hydrogens is 394 g/mol. The Bertz CT molecular complexity index is 1090. The third-order valence-corrected chi connectivity index (χ3v) is 7.36. The van der Waals surface area contributed by atoms with E-state index in [0.29, 0.717) is 11.6 Å². The van der Waals surface area contributed by atoms with Crippen LogP contribution in [0.1, 0.15) is 16.7 Å². The van der Waals surface area contributed by atoms with Crippen molar-refractivity contribution in [3.63, 3.8) is 0 Å². The van der Waals surface area contributed by atoms with Gasteiger partial charge < -0.3 is 5.32 Å². The minimum absolute atomic E-state index is 0.155. The predicted octanol–water partition coefficient (Wildman–Crippen LogP) is 3.21. The van der Waals surface area contributed by atoms with Gasteiger partial charge in [-0.3, -0.25) is 4.79 Å². The number of hydrogen-bond acceptors (Lipinski definition) is 5. The average molecular weight is 414 g/mol. The molecule has 0 spiro atoms. The van der Waals surface area contributed by atoms with Crippen molar-refractivity contribution in [2.75, 3.05) is 5.32 Å². The summed E-state index contributed by atoms with van der Waals surface area (Å²) >= 11 is 1.30. The number of rotatable bonds is 4. The highest BCUT2D eigenvalue weighted by atomic mass is 32.2. The molecule has 1 atom stereocenters. The number of thiazole rings is 1. The first-order valence-electron chi connectivity index (χ1n) is 8.81. The number of sulfonamides is 1. The Labute approximate surface area is 167 Å². The molecule has 3 aromatic rings. The van der Waals surface area contributed by atoms with Crippen LogP contribution < -0.4 is 5.32 Å². The zero-order valence-electron chi connectivity index (χ0n) is 15.2. The van der Waals surface area contributed by atoms with Crippen LogP contribution in [0, 0.1) is 6.92 Å². The quantitative estimate of drug-likeness (QED) is 0.712. The number of nitrogens with one attached hydrogen (secondary N) is 1. The summed E-state index contributed by atoms with van der Waals surface area (Å²) in [5, 5.41) is 4.96. The summed E-state index contributed by atoms with van der Waals surface area (Å²) in [4.78, 5) is 17.2. The van der Waals surface area contributed by atoms with E-state index in [1.165, 1.54) is 15.6 Å². The molecule has 2 heterocycles. The molecule has 0 saturated heterocycles. The van der Waals surface area contributed by atoms with Crippen LogP contribution in [0.15, 0.2) is 65.0 Å². The second-order valence-electron chi connectivity index (χ2n) is 6.68. The molecule has 0 bridgehead atoms. The number of aromatic nitrogens is 1. The first-order valence-corrected chi connectivity index (χ1v) is 11.1. The van der Waals surface area contributed by atoms with Crippen LogP contribution in [-0.4, -0.2) is 29.7 Å². The number of benzene rings is 2. The van der Waals surface area contributed by atoms with Crippen molar-refractivity contribution in [3.05, 3.63) is 76.8 Å². The van der Waals surface area contributed by atoms with E-state index in [0.717, 1.165) is 16.7 Å². The highest BCUT2D eigenvalue weighted by Crippen LogP contribution is 2.30. The molecule has 0 radical (unpaired) electrons. The Morgan fingerprint density at radius 1 is 1.14 bits per heavy atom. The first kappa shape index (κ1) is 18.8. The molecule has 28 heavy (non-hydrogen) atoms. The second kappa shape index (κ2) is 7.46. The van der Waals surface area contributed by atoms with Gasteiger partial charge >= 0.3 is 0 Å². The fraction of sp³-hybridized carbons (Fsp3) is 0.200. The maximum Gasteiger partial charge on any atom is 0.244 e. The minimum Gasteiger partial charge on any atom is -0.301 e. The van der Waals surface area contributed by atoms with Crippen molar-refractivity contribution in [2.45, 2.75) is 30.8 Å². The lowest BCUT2D eigenvalue weighted by molar-refractivity contribution is -0.120. The smallest absolute Gasteiger partial charge is 0.244 e. The molecule has 1 aliphatic heterocycles. The molecule has 1 aliphatic rings. The van der Waals surface area contributed by atoms with Crippen molar-refractivity contribution >= 4 is 32.4 Å². The Morgan fingerprint density at radius 3 is 2.54 bits per heavy atom. The lowest BCUT2D eigenvalue weighted by Crippen LogP contribution is -2.50. The number of nitrogens with zero attached hydrogens (tertiary/aromatic N) is 2. The SMILES string of the molecule is Cc1ccc(S(=O)(=O)N2Cc3ccccc3C[C@@H]2C(=O)Nc2nccs2)cc1. The van der Waals surface area contributed by atoms with Crippen molar-refractivity contribution in [1.82, 2.24) is 9.29 Å². The van der Waals surface area contributed by atoms with Gasteiger partial charge in [-0.2, -0.15) is 4.31 Å². The fourth-order valence-electron chi connectivity index (χ4n) is 3.29. The van der Waals surface area contributed by atoms with Gasteiger partial charge in [0.15, 0.2) is 5.13 Å². The molecule has 1 aromatic heterocycles. The molecule has 0 unspecified atom stereocenters. The highest BCUT2D eigenvalue weighted by molar-refractivity contribution is 7.89. The Hall–Kier alpha value is -2.55. The topological polar surface area (TPSA) is 79.4 Å². The van der Waals surface area contributed by atoms with Gasteiger partial charge in [-0.05, 0) is 36.6 Å². The maximum absolute atomic E-state index is 13.4. The van der Waals surface area contributed by atoms with E-state index in [1.807, 2.05) is 31.2 Å². The summed E-state index contributed by atoms with van der Waals surface area (Å²) in [7, 11) is -3.84. The number of amides is 1.